The van der Waals surface area contributed by atoms with Gasteiger partial charge < -0.3 is 5.11 Å². The highest BCUT2D eigenvalue weighted by Crippen LogP contribution is 2.18. The number of aliphatic hydroxyl groups excluding tert-OH is 1. The molecular weight excluding hydrogens is 198 g/mol. The number of nitrogens with zero attached hydrogens (tertiary/aromatic N) is 3. The van der Waals surface area contributed by atoms with E-state index < -0.39 is 6.10 Å². The quantitative estimate of drug-likeness (QED) is 0.733. The van der Waals surface area contributed by atoms with Crippen molar-refractivity contribution in [1.82, 2.24) is 15.0 Å². The molecule has 1 heterocycles. The summed E-state index contributed by atoms with van der Waals surface area (Å²) >= 11 is 3.16. The summed E-state index contributed by atoms with van der Waals surface area (Å²) in [4.78, 5) is 0. The maximum atomic E-state index is 9.14. The van der Waals surface area contributed by atoms with Crippen molar-refractivity contribution in [3.05, 3.63) is 10.3 Å². The Morgan fingerprint density at radius 1 is 1.70 bits per heavy atom. The van der Waals surface area contributed by atoms with Crippen molar-refractivity contribution in [2.45, 2.75) is 13.0 Å². The number of halogens is 1. The predicted octanol–water partition coefficient (Wildman–Crippen LogP) is 0.631. The van der Waals surface area contributed by atoms with E-state index in [2.05, 4.69) is 26.2 Å². The lowest BCUT2D eigenvalue weighted by atomic mass is 10.3. The molecule has 0 aromatic carbocycles. The first-order chi connectivity index (χ1) is 4.63. The molecule has 1 aromatic rings. The molecule has 0 aliphatic rings. The Morgan fingerprint density at radius 2 is 2.30 bits per heavy atom. The molecule has 0 saturated carbocycles. The zero-order valence-corrected chi connectivity index (χ0v) is 7.33. The summed E-state index contributed by atoms with van der Waals surface area (Å²) < 4.78 is 2.14. The molecule has 0 fully saturated rings. The van der Waals surface area contributed by atoms with E-state index in [0.29, 0.717) is 10.3 Å². The van der Waals surface area contributed by atoms with Crippen LogP contribution in [0.2, 0.25) is 0 Å². The fourth-order valence-corrected chi connectivity index (χ4v) is 1.44. The molecule has 0 amide bonds. The van der Waals surface area contributed by atoms with Crippen LogP contribution in [0.5, 0.6) is 0 Å². The normalized spacial score (nSPS) is 13.6. The maximum absolute atomic E-state index is 9.14. The zero-order valence-electron chi connectivity index (χ0n) is 5.74. The lowest BCUT2D eigenvalue weighted by Crippen LogP contribution is -2.01. The van der Waals surface area contributed by atoms with Gasteiger partial charge in [-0.05, 0) is 22.9 Å². The number of aliphatic hydroxyl groups is 1. The van der Waals surface area contributed by atoms with Crippen LogP contribution in [0.25, 0.3) is 0 Å². The van der Waals surface area contributed by atoms with Gasteiger partial charge in [-0.3, -0.25) is 0 Å². The molecule has 4 nitrogen and oxygen atoms in total. The summed E-state index contributed by atoms with van der Waals surface area (Å²) in [7, 11) is 1.74. The number of aromatic nitrogens is 3. The van der Waals surface area contributed by atoms with Crippen molar-refractivity contribution >= 4 is 15.9 Å². The van der Waals surface area contributed by atoms with Crippen LogP contribution in [0.15, 0.2) is 4.60 Å². The molecule has 0 radical (unpaired) electrons. The lowest BCUT2D eigenvalue weighted by molar-refractivity contribution is 0.188. The zero-order chi connectivity index (χ0) is 7.72. The van der Waals surface area contributed by atoms with Gasteiger partial charge in [-0.15, -0.1) is 5.10 Å². The number of hydrogen-bond donors (Lipinski definition) is 1. The van der Waals surface area contributed by atoms with Crippen molar-refractivity contribution in [1.29, 1.82) is 0 Å². The van der Waals surface area contributed by atoms with Crippen molar-refractivity contribution < 1.29 is 5.11 Å². The van der Waals surface area contributed by atoms with Crippen LogP contribution >= 0.6 is 15.9 Å². The molecule has 0 spiro atoms. The standard InChI is InChI=1S/C5H8BrN3O/c1-3(10)4-5(6)7-8-9(4)2/h3,10H,1-2H3. The van der Waals surface area contributed by atoms with Crippen molar-refractivity contribution in [3.8, 4) is 0 Å². The first-order valence-electron chi connectivity index (χ1n) is 2.86. The van der Waals surface area contributed by atoms with E-state index >= 15 is 0 Å². The Balaban J connectivity index is 3.10. The van der Waals surface area contributed by atoms with Crippen LogP contribution < -0.4 is 0 Å². The molecular formula is C5H8BrN3O. The van der Waals surface area contributed by atoms with Gasteiger partial charge in [-0.2, -0.15) is 0 Å². The molecule has 56 valence electrons. The van der Waals surface area contributed by atoms with E-state index in [-0.39, 0.29) is 0 Å². The number of rotatable bonds is 1. The minimum Gasteiger partial charge on any atom is -0.387 e. The van der Waals surface area contributed by atoms with Gasteiger partial charge in [-0.1, -0.05) is 5.21 Å². The highest BCUT2D eigenvalue weighted by molar-refractivity contribution is 9.10. The van der Waals surface area contributed by atoms with Crippen molar-refractivity contribution in [3.63, 3.8) is 0 Å². The monoisotopic (exact) mass is 205 g/mol. The molecule has 1 atom stereocenters. The first kappa shape index (κ1) is 7.68. The summed E-state index contributed by atoms with van der Waals surface area (Å²) in [6.07, 6.45) is -0.533. The summed E-state index contributed by atoms with van der Waals surface area (Å²) in [5.74, 6) is 0. The average Bonchev–Trinajstić information content (AvgIpc) is 2.11. The topological polar surface area (TPSA) is 50.9 Å². The third-order valence-corrected chi connectivity index (χ3v) is 1.79. The predicted molar refractivity (Wildman–Crippen MR) is 39.3 cm³/mol. The van der Waals surface area contributed by atoms with Crippen LogP contribution in [0, 0.1) is 0 Å². The third-order valence-electron chi connectivity index (χ3n) is 1.22. The molecule has 0 aliphatic heterocycles. The average molecular weight is 206 g/mol. The van der Waals surface area contributed by atoms with E-state index in [1.807, 2.05) is 0 Å². The van der Waals surface area contributed by atoms with Gasteiger partial charge in [0.1, 0.15) is 5.69 Å². The minimum atomic E-state index is -0.533. The molecule has 0 aliphatic carbocycles. The summed E-state index contributed by atoms with van der Waals surface area (Å²) in [5.41, 5.74) is 0.694. The summed E-state index contributed by atoms with van der Waals surface area (Å²) in [6, 6.07) is 0. The van der Waals surface area contributed by atoms with Crippen LogP contribution in [0.4, 0.5) is 0 Å². The molecule has 1 N–H and O–H groups in total. The third kappa shape index (κ3) is 1.19. The van der Waals surface area contributed by atoms with E-state index in [1.54, 1.807) is 14.0 Å². The maximum Gasteiger partial charge on any atom is 0.154 e. The molecule has 1 rings (SSSR count). The van der Waals surface area contributed by atoms with Crippen molar-refractivity contribution in [2.75, 3.05) is 0 Å². The fraction of sp³-hybridized carbons (Fsp3) is 0.600. The van der Waals surface area contributed by atoms with E-state index in [9.17, 15) is 0 Å². The Labute approximate surface area is 67.0 Å². The first-order valence-corrected chi connectivity index (χ1v) is 3.65. The van der Waals surface area contributed by atoms with Crippen LogP contribution in [0.1, 0.15) is 18.7 Å². The summed E-state index contributed by atoms with van der Waals surface area (Å²) in [6.45, 7) is 1.67. The van der Waals surface area contributed by atoms with Gasteiger partial charge in [0.05, 0.1) is 6.10 Å². The summed E-state index contributed by atoms with van der Waals surface area (Å²) in [5, 5.41) is 16.5. The largest absolute Gasteiger partial charge is 0.387 e. The molecule has 0 bridgehead atoms. The molecule has 0 saturated heterocycles. The second-order valence-electron chi connectivity index (χ2n) is 2.07. The molecule has 5 heteroatoms. The second kappa shape index (κ2) is 2.67. The molecule has 1 aromatic heterocycles. The van der Waals surface area contributed by atoms with Gasteiger partial charge >= 0.3 is 0 Å². The fourth-order valence-electron chi connectivity index (χ4n) is 0.782. The van der Waals surface area contributed by atoms with Gasteiger partial charge in [0, 0.05) is 7.05 Å². The SMILES string of the molecule is CC(O)c1c(Br)nnn1C. The van der Waals surface area contributed by atoms with E-state index in [0.717, 1.165) is 0 Å². The minimum absolute atomic E-state index is 0.533. The van der Waals surface area contributed by atoms with Crippen molar-refractivity contribution in [2.24, 2.45) is 7.05 Å². The van der Waals surface area contributed by atoms with Gasteiger partial charge in [0.15, 0.2) is 4.60 Å². The van der Waals surface area contributed by atoms with Crippen LogP contribution in [-0.2, 0) is 7.05 Å². The number of aryl methyl sites for hydroxylation is 1. The smallest absolute Gasteiger partial charge is 0.154 e. The Bertz CT molecular complexity index is 213. The van der Waals surface area contributed by atoms with Gasteiger partial charge in [-0.25, -0.2) is 4.68 Å². The van der Waals surface area contributed by atoms with Gasteiger partial charge in [0.2, 0.25) is 0 Å². The Hall–Kier alpha value is -0.420. The number of hydrogen-bond acceptors (Lipinski definition) is 3. The second-order valence-corrected chi connectivity index (χ2v) is 2.82. The lowest BCUT2D eigenvalue weighted by Gasteiger charge is -2.02. The van der Waals surface area contributed by atoms with Crippen LogP contribution in [-0.4, -0.2) is 20.1 Å². The Morgan fingerprint density at radius 3 is 2.50 bits per heavy atom. The highest BCUT2D eigenvalue weighted by Gasteiger charge is 2.11. The van der Waals surface area contributed by atoms with E-state index in [1.165, 1.54) is 4.68 Å². The van der Waals surface area contributed by atoms with Crippen LogP contribution in [0.3, 0.4) is 0 Å². The highest BCUT2D eigenvalue weighted by atomic mass is 79.9. The van der Waals surface area contributed by atoms with E-state index in [4.69, 9.17) is 5.11 Å². The Kier molecular flexibility index (Phi) is 2.05. The molecule has 10 heavy (non-hydrogen) atoms. The van der Waals surface area contributed by atoms with Gasteiger partial charge in [0.25, 0.3) is 0 Å². The molecule has 1 unspecified atom stereocenters.